The van der Waals surface area contributed by atoms with Crippen molar-refractivity contribution in [3.63, 3.8) is 0 Å². The minimum Gasteiger partial charge on any atom is -0.269 e. The Morgan fingerprint density at radius 2 is 2.22 bits per heavy atom. The molecule has 5 heteroatoms. The molecule has 0 aliphatic carbocycles. The third-order valence-corrected chi connectivity index (χ3v) is 0.622. The van der Waals surface area contributed by atoms with Gasteiger partial charge in [-0.1, -0.05) is 6.08 Å². The lowest BCUT2D eigenvalue weighted by atomic mass is 10.5. The number of amides is 1. The lowest BCUT2D eigenvalue weighted by molar-refractivity contribution is -0.128. The van der Waals surface area contributed by atoms with Crippen LogP contribution in [0.25, 0.3) is 0 Å². The summed E-state index contributed by atoms with van der Waals surface area (Å²) < 4.78 is 0. The normalized spacial score (nSPS) is 14.9. The number of carbonyl (C=O) groups excluding carboxylic acids is 1. The quantitative estimate of drug-likeness (QED) is 0.575. The maximum Gasteiger partial charge on any atom is 0.267 e. The highest BCUT2D eigenvalue weighted by Crippen LogP contribution is 1.81. The standard InChI is InChI=1S/C4H5NO2.2ClH/c6-4-2-1-3-7-5-4;;/h1-2H,3H2,(H,5,6);2*1H. The average Bonchev–Trinajstić information content (AvgIpc) is 1.69. The van der Waals surface area contributed by atoms with E-state index in [0.29, 0.717) is 6.61 Å². The van der Waals surface area contributed by atoms with Gasteiger partial charge in [-0.05, 0) is 0 Å². The number of halogens is 2. The van der Waals surface area contributed by atoms with Crippen molar-refractivity contribution < 1.29 is 9.63 Å². The van der Waals surface area contributed by atoms with Crippen LogP contribution in [0.4, 0.5) is 0 Å². The van der Waals surface area contributed by atoms with Gasteiger partial charge in [-0.2, -0.15) is 0 Å². The number of hydroxylamine groups is 1. The van der Waals surface area contributed by atoms with Gasteiger partial charge < -0.3 is 0 Å². The van der Waals surface area contributed by atoms with E-state index in [1.165, 1.54) is 6.08 Å². The van der Waals surface area contributed by atoms with Crippen LogP contribution in [0.15, 0.2) is 12.2 Å². The predicted molar refractivity (Wildman–Crippen MR) is 37.7 cm³/mol. The molecule has 1 aliphatic rings. The molecule has 0 aromatic heterocycles. The van der Waals surface area contributed by atoms with Gasteiger partial charge >= 0.3 is 0 Å². The molecule has 1 rings (SSSR count). The van der Waals surface area contributed by atoms with Gasteiger partial charge in [0, 0.05) is 6.08 Å². The number of carbonyl (C=O) groups is 1. The summed E-state index contributed by atoms with van der Waals surface area (Å²) in [5.74, 6) is -0.189. The molecular weight excluding hydrogens is 165 g/mol. The minimum atomic E-state index is -0.189. The van der Waals surface area contributed by atoms with Crippen molar-refractivity contribution in [3.8, 4) is 0 Å². The Bertz CT molecular complexity index is 115. The minimum absolute atomic E-state index is 0. The first-order chi connectivity index (χ1) is 3.39. The van der Waals surface area contributed by atoms with E-state index in [1.54, 1.807) is 6.08 Å². The van der Waals surface area contributed by atoms with Crippen LogP contribution in [0, 0.1) is 0 Å². The second kappa shape index (κ2) is 5.88. The Labute approximate surface area is 65.2 Å². The van der Waals surface area contributed by atoms with Crippen molar-refractivity contribution in [1.29, 1.82) is 0 Å². The molecule has 0 radical (unpaired) electrons. The zero-order chi connectivity index (χ0) is 5.11. The number of hydrogen-bond acceptors (Lipinski definition) is 2. The first-order valence-corrected chi connectivity index (χ1v) is 1.98. The third-order valence-electron chi connectivity index (χ3n) is 0.622. The van der Waals surface area contributed by atoms with Crippen molar-refractivity contribution in [2.24, 2.45) is 0 Å². The monoisotopic (exact) mass is 171 g/mol. The number of rotatable bonds is 0. The van der Waals surface area contributed by atoms with Crippen molar-refractivity contribution in [2.75, 3.05) is 6.61 Å². The highest BCUT2D eigenvalue weighted by atomic mass is 35.5. The first kappa shape index (κ1) is 11.5. The molecule has 3 nitrogen and oxygen atoms in total. The van der Waals surface area contributed by atoms with E-state index in [1.807, 2.05) is 0 Å². The lowest BCUT2D eigenvalue weighted by Gasteiger charge is -2.02. The number of hydrogen-bond donors (Lipinski definition) is 1. The molecule has 0 saturated heterocycles. The van der Waals surface area contributed by atoms with E-state index in [4.69, 9.17) is 0 Å². The van der Waals surface area contributed by atoms with Crippen LogP contribution in [0.5, 0.6) is 0 Å². The van der Waals surface area contributed by atoms with Crippen LogP contribution >= 0.6 is 24.8 Å². The van der Waals surface area contributed by atoms with Crippen LogP contribution in [-0.4, -0.2) is 12.5 Å². The molecule has 0 spiro atoms. The van der Waals surface area contributed by atoms with E-state index in [9.17, 15) is 4.79 Å². The van der Waals surface area contributed by atoms with Crippen LogP contribution in [0.2, 0.25) is 0 Å². The second-order valence-corrected chi connectivity index (χ2v) is 1.18. The van der Waals surface area contributed by atoms with Gasteiger partial charge in [0.1, 0.15) is 0 Å². The summed E-state index contributed by atoms with van der Waals surface area (Å²) in [6, 6.07) is 0. The molecule has 0 aromatic rings. The summed E-state index contributed by atoms with van der Waals surface area (Å²) in [6.07, 6.45) is 3.09. The van der Waals surface area contributed by atoms with Crippen LogP contribution in [0.1, 0.15) is 0 Å². The molecule has 1 heterocycles. The summed E-state index contributed by atoms with van der Waals surface area (Å²) in [5, 5.41) is 0. The molecule has 0 atom stereocenters. The van der Waals surface area contributed by atoms with Crippen molar-refractivity contribution in [2.45, 2.75) is 0 Å². The zero-order valence-electron chi connectivity index (χ0n) is 4.49. The number of nitrogens with one attached hydrogen (secondary N) is 1. The van der Waals surface area contributed by atoms with Crippen LogP contribution < -0.4 is 5.48 Å². The summed E-state index contributed by atoms with van der Waals surface area (Å²) in [5.41, 5.74) is 2.16. The molecule has 0 bridgehead atoms. The van der Waals surface area contributed by atoms with Gasteiger partial charge in [0.15, 0.2) is 0 Å². The Hall–Kier alpha value is -0.250. The summed E-state index contributed by atoms with van der Waals surface area (Å²) in [6.45, 7) is 0.478. The molecule has 0 saturated carbocycles. The predicted octanol–water partition coefficient (Wildman–Crippen LogP) is 0.448. The molecule has 0 unspecified atom stereocenters. The van der Waals surface area contributed by atoms with Crippen molar-refractivity contribution in [1.82, 2.24) is 5.48 Å². The van der Waals surface area contributed by atoms with Gasteiger partial charge in [0.05, 0.1) is 6.61 Å². The smallest absolute Gasteiger partial charge is 0.267 e. The first-order valence-electron chi connectivity index (χ1n) is 1.98. The molecular formula is C4H7Cl2NO2. The maximum atomic E-state index is 10.1. The molecule has 54 valence electrons. The maximum absolute atomic E-state index is 10.1. The Morgan fingerprint density at radius 3 is 2.44 bits per heavy atom. The van der Waals surface area contributed by atoms with E-state index >= 15 is 0 Å². The van der Waals surface area contributed by atoms with Gasteiger partial charge in [-0.25, -0.2) is 5.48 Å². The molecule has 9 heavy (non-hydrogen) atoms. The van der Waals surface area contributed by atoms with E-state index in [2.05, 4.69) is 10.3 Å². The van der Waals surface area contributed by atoms with E-state index < -0.39 is 0 Å². The fraction of sp³-hybridized carbons (Fsp3) is 0.250. The summed E-state index contributed by atoms with van der Waals surface area (Å²) in [7, 11) is 0. The molecule has 1 amide bonds. The fourth-order valence-electron chi connectivity index (χ4n) is 0.350. The topological polar surface area (TPSA) is 38.3 Å². The van der Waals surface area contributed by atoms with Gasteiger partial charge in [0.2, 0.25) is 0 Å². The molecule has 0 aromatic carbocycles. The Morgan fingerprint density at radius 1 is 1.56 bits per heavy atom. The van der Waals surface area contributed by atoms with E-state index in [0.717, 1.165) is 0 Å². The summed E-state index contributed by atoms with van der Waals surface area (Å²) in [4.78, 5) is 14.6. The highest BCUT2D eigenvalue weighted by Gasteiger charge is 1.96. The molecule has 1 aliphatic heterocycles. The van der Waals surface area contributed by atoms with Crippen LogP contribution in [0.3, 0.4) is 0 Å². The fourth-order valence-corrected chi connectivity index (χ4v) is 0.350. The average molecular weight is 172 g/mol. The lowest BCUT2D eigenvalue weighted by Crippen LogP contribution is -2.24. The Kier molecular flexibility index (Phi) is 7.53. The van der Waals surface area contributed by atoms with Crippen molar-refractivity contribution in [3.05, 3.63) is 12.2 Å². The SMILES string of the molecule is Cl.Cl.O=C1C=CCON1. The van der Waals surface area contributed by atoms with Crippen molar-refractivity contribution >= 4 is 30.7 Å². The molecule has 1 N–H and O–H groups in total. The second-order valence-electron chi connectivity index (χ2n) is 1.18. The Balaban J connectivity index is 0. The zero-order valence-corrected chi connectivity index (χ0v) is 6.13. The van der Waals surface area contributed by atoms with E-state index in [-0.39, 0.29) is 30.7 Å². The molecule has 0 fully saturated rings. The van der Waals surface area contributed by atoms with Gasteiger partial charge in [-0.3, -0.25) is 9.63 Å². The third kappa shape index (κ3) is 4.27. The largest absolute Gasteiger partial charge is 0.269 e. The van der Waals surface area contributed by atoms with Gasteiger partial charge in [0.25, 0.3) is 5.91 Å². The highest BCUT2D eigenvalue weighted by molar-refractivity contribution is 5.87. The van der Waals surface area contributed by atoms with Gasteiger partial charge in [-0.15, -0.1) is 24.8 Å². The summed E-state index contributed by atoms with van der Waals surface area (Å²) >= 11 is 0. The van der Waals surface area contributed by atoms with Crippen LogP contribution in [-0.2, 0) is 9.63 Å².